The first-order valence-corrected chi connectivity index (χ1v) is 8.10. The van der Waals surface area contributed by atoms with E-state index < -0.39 is 0 Å². The number of hydrogen-bond donors (Lipinski definition) is 1. The van der Waals surface area contributed by atoms with E-state index in [-0.39, 0.29) is 11.7 Å². The number of furan rings is 1. The van der Waals surface area contributed by atoms with Crippen LogP contribution in [0.1, 0.15) is 21.7 Å². The highest BCUT2D eigenvalue weighted by Gasteiger charge is 2.14. The molecule has 0 saturated heterocycles. The molecule has 130 valence electrons. The van der Waals surface area contributed by atoms with E-state index in [4.69, 9.17) is 13.9 Å². The highest BCUT2D eigenvalue weighted by atomic mass is 16.5. The minimum Gasteiger partial charge on any atom is -0.496 e. The molecule has 0 saturated carbocycles. The van der Waals surface area contributed by atoms with Crippen molar-refractivity contribution in [2.45, 2.75) is 13.3 Å². The van der Waals surface area contributed by atoms with Crippen LogP contribution in [0.5, 0.6) is 11.5 Å². The van der Waals surface area contributed by atoms with Crippen LogP contribution < -0.4 is 14.8 Å². The lowest BCUT2D eigenvalue weighted by Gasteiger charge is -2.09. The van der Waals surface area contributed by atoms with Gasteiger partial charge in [0.1, 0.15) is 5.75 Å². The first kappa shape index (κ1) is 16.9. The van der Waals surface area contributed by atoms with Gasteiger partial charge in [-0.15, -0.1) is 0 Å². The summed E-state index contributed by atoms with van der Waals surface area (Å²) in [5.74, 6) is 1.47. The molecule has 0 spiro atoms. The van der Waals surface area contributed by atoms with Gasteiger partial charge in [0.05, 0.1) is 14.2 Å². The smallest absolute Gasteiger partial charge is 0.287 e. The third-order valence-electron chi connectivity index (χ3n) is 4.07. The maximum absolute atomic E-state index is 12.3. The molecule has 0 bridgehead atoms. The van der Waals surface area contributed by atoms with Gasteiger partial charge in [-0.05, 0) is 37.1 Å². The molecule has 0 fully saturated rings. The first-order valence-electron chi connectivity index (χ1n) is 8.10. The van der Waals surface area contributed by atoms with Crippen LogP contribution in [-0.4, -0.2) is 26.7 Å². The number of fused-ring (bicyclic) bond motifs is 1. The SMILES string of the molecule is COc1ccc(C)cc1CCNC(=O)c1cc2cccc(OC)c2o1. The van der Waals surface area contributed by atoms with E-state index in [1.54, 1.807) is 26.4 Å². The van der Waals surface area contributed by atoms with Crippen molar-refractivity contribution >= 4 is 16.9 Å². The molecule has 25 heavy (non-hydrogen) atoms. The van der Waals surface area contributed by atoms with Crippen LogP contribution in [0.4, 0.5) is 0 Å². The lowest BCUT2D eigenvalue weighted by Crippen LogP contribution is -2.25. The summed E-state index contributed by atoms with van der Waals surface area (Å²) >= 11 is 0. The Labute approximate surface area is 146 Å². The van der Waals surface area contributed by atoms with E-state index in [9.17, 15) is 4.79 Å². The molecule has 1 heterocycles. The van der Waals surface area contributed by atoms with Crippen molar-refractivity contribution in [1.82, 2.24) is 5.32 Å². The number of aryl methyl sites for hydroxylation is 1. The van der Waals surface area contributed by atoms with Gasteiger partial charge in [-0.1, -0.05) is 29.8 Å². The summed E-state index contributed by atoms with van der Waals surface area (Å²) in [7, 11) is 3.22. The highest BCUT2D eigenvalue weighted by molar-refractivity contribution is 5.97. The number of para-hydroxylation sites is 1. The van der Waals surface area contributed by atoms with Crippen LogP contribution in [0.25, 0.3) is 11.0 Å². The number of ether oxygens (including phenoxy) is 2. The number of hydrogen-bond acceptors (Lipinski definition) is 4. The Balaban J connectivity index is 1.68. The number of carbonyl (C=O) groups is 1. The third kappa shape index (κ3) is 3.60. The highest BCUT2D eigenvalue weighted by Crippen LogP contribution is 2.28. The van der Waals surface area contributed by atoms with Crippen LogP contribution in [-0.2, 0) is 6.42 Å². The number of nitrogens with one attached hydrogen (secondary N) is 1. The quantitative estimate of drug-likeness (QED) is 0.743. The summed E-state index contributed by atoms with van der Waals surface area (Å²) in [5.41, 5.74) is 2.80. The maximum atomic E-state index is 12.3. The van der Waals surface area contributed by atoms with E-state index in [0.717, 1.165) is 22.3 Å². The summed E-state index contributed by atoms with van der Waals surface area (Å²) in [6.07, 6.45) is 0.681. The average Bonchev–Trinajstić information content (AvgIpc) is 3.06. The van der Waals surface area contributed by atoms with E-state index in [0.29, 0.717) is 24.3 Å². The van der Waals surface area contributed by atoms with Gasteiger partial charge in [0.25, 0.3) is 5.91 Å². The zero-order chi connectivity index (χ0) is 17.8. The fourth-order valence-electron chi connectivity index (χ4n) is 2.81. The summed E-state index contributed by atoms with van der Waals surface area (Å²) in [4.78, 5) is 12.3. The second-order valence-corrected chi connectivity index (χ2v) is 5.81. The van der Waals surface area contributed by atoms with Gasteiger partial charge < -0.3 is 19.2 Å². The third-order valence-corrected chi connectivity index (χ3v) is 4.07. The monoisotopic (exact) mass is 339 g/mol. The molecule has 3 rings (SSSR count). The fraction of sp³-hybridized carbons (Fsp3) is 0.250. The van der Waals surface area contributed by atoms with E-state index in [2.05, 4.69) is 11.4 Å². The first-order chi connectivity index (χ1) is 12.1. The molecular formula is C20H21NO4. The summed E-state index contributed by atoms with van der Waals surface area (Å²) in [6, 6.07) is 13.3. The Kier molecular flexibility index (Phi) is 4.93. The lowest BCUT2D eigenvalue weighted by molar-refractivity contribution is 0.0928. The Morgan fingerprint density at radius 2 is 1.88 bits per heavy atom. The second-order valence-electron chi connectivity index (χ2n) is 5.81. The van der Waals surface area contributed by atoms with Crippen molar-refractivity contribution in [3.05, 3.63) is 59.4 Å². The largest absolute Gasteiger partial charge is 0.496 e. The Morgan fingerprint density at radius 3 is 2.64 bits per heavy atom. The summed E-state index contributed by atoms with van der Waals surface area (Å²) in [6.45, 7) is 2.52. The molecular weight excluding hydrogens is 318 g/mol. The molecule has 0 aliphatic rings. The molecule has 0 aliphatic heterocycles. The van der Waals surface area contributed by atoms with Gasteiger partial charge in [0.2, 0.25) is 0 Å². The van der Waals surface area contributed by atoms with Crippen LogP contribution in [0.2, 0.25) is 0 Å². The molecule has 2 aromatic carbocycles. The van der Waals surface area contributed by atoms with Gasteiger partial charge in [0, 0.05) is 11.9 Å². The number of benzene rings is 2. The van der Waals surface area contributed by atoms with Crippen LogP contribution in [0.3, 0.4) is 0 Å². The lowest BCUT2D eigenvalue weighted by atomic mass is 10.1. The van der Waals surface area contributed by atoms with Gasteiger partial charge in [-0.25, -0.2) is 0 Å². The minimum absolute atomic E-state index is 0.245. The van der Waals surface area contributed by atoms with Crippen LogP contribution >= 0.6 is 0 Å². The minimum atomic E-state index is -0.245. The van der Waals surface area contributed by atoms with Crippen LogP contribution in [0.15, 0.2) is 46.9 Å². The predicted octanol–water partition coefficient (Wildman–Crippen LogP) is 3.73. The topological polar surface area (TPSA) is 60.7 Å². The zero-order valence-electron chi connectivity index (χ0n) is 14.6. The van der Waals surface area contributed by atoms with Gasteiger partial charge in [0.15, 0.2) is 17.1 Å². The van der Waals surface area contributed by atoms with Crippen molar-refractivity contribution in [2.24, 2.45) is 0 Å². The molecule has 0 aliphatic carbocycles. The second kappa shape index (κ2) is 7.30. The molecule has 0 unspecified atom stereocenters. The van der Waals surface area contributed by atoms with E-state index in [1.165, 1.54) is 0 Å². The summed E-state index contributed by atoms with van der Waals surface area (Å²) < 4.78 is 16.3. The Morgan fingerprint density at radius 1 is 1.08 bits per heavy atom. The molecule has 1 N–H and O–H groups in total. The molecule has 1 aromatic heterocycles. The maximum Gasteiger partial charge on any atom is 0.287 e. The number of amides is 1. The van der Waals surface area contributed by atoms with Gasteiger partial charge >= 0.3 is 0 Å². The van der Waals surface area contributed by atoms with Crippen molar-refractivity contribution < 1.29 is 18.7 Å². The van der Waals surface area contributed by atoms with Gasteiger partial charge in [-0.3, -0.25) is 4.79 Å². The van der Waals surface area contributed by atoms with Crippen molar-refractivity contribution in [1.29, 1.82) is 0 Å². The van der Waals surface area contributed by atoms with E-state index in [1.807, 2.05) is 31.2 Å². The molecule has 0 atom stereocenters. The number of carbonyl (C=O) groups excluding carboxylic acids is 1. The Bertz CT molecular complexity index is 898. The predicted molar refractivity (Wildman–Crippen MR) is 96.5 cm³/mol. The van der Waals surface area contributed by atoms with Crippen LogP contribution in [0, 0.1) is 6.92 Å². The molecule has 3 aromatic rings. The normalized spacial score (nSPS) is 10.7. The van der Waals surface area contributed by atoms with Crippen molar-refractivity contribution in [3.63, 3.8) is 0 Å². The average molecular weight is 339 g/mol. The standard InChI is InChI=1S/C20H21NO4/c1-13-7-8-16(23-2)14(11-13)9-10-21-20(22)18-12-15-5-4-6-17(24-3)19(15)25-18/h4-8,11-12H,9-10H2,1-3H3,(H,21,22). The number of methoxy groups -OCH3 is 2. The van der Waals surface area contributed by atoms with Crippen molar-refractivity contribution in [3.8, 4) is 11.5 Å². The fourth-order valence-corrected chi connectivity index (χ4v) is 2.81. The molecule has 1 amide bonds. The van der Waals surface area contributed by atoms with Crippen molar-refractivity contribution in [2.75, 3.05) is 20.8 Å². The number of rotatable bonds is 6. The van der Waals surface area contributed by atoms with E-state index >= 15 is 0 Å². The molecule has 5 nitrogen and oxygen atoms in total. The molecule has 5 heteroatoms. The Hall–Kier alpha value is -2.95. The summed E-state index contributed by atoms with van der Waals surface area (Å²) in [5, 5.41) is 3.73. The van der Waals surface area contributed by atoms with Gasteiger partial charge in [-0.2, -0.15) is 0 Å². The zero-order valence-corrected chi connectivity index (χ0v) is 14.6. The molecule has 0 radical (unpaired) electrons.